The SMILES string of the molecule is CN=C(NCc1coc(-c2cccs2)n1)N1CC=C(c2ccccc2)CC1.I. The van der Waals surface area contributed by atoms with E-state index in [4.69, 9.17) is 4.42 Å². The highest BCUT2D eigenvalue weighted by atomic mass is 127. The fraction of sp³-hybridized carbons (Fsp3) is 0.238. The molecule has 0 bridgehead atoms. The van der Waals surface area contributed by atoms with Crippen LogP contribution in [0.25, 0.3) is 16.3 Å². The van der Waals surface area contributed by atoms with Crippen molar-refractivity contribution in [1.29, 1.82) is 0 Å². The van der Waals surface area contributed by atoms with Crippen molar-refractivity contribution in [3.8, 4) is 10.8 Å². The molecule has 0 saturated carbocycles. The number of hydrogen-bond acceptors (Lipinski definition) is 4. The molecule has 0 saturated heterocycles. The van der Waals surface area contributed by atoms with Gasteiger partial charge in [0.05, 0.1) is 17.1 Å². The quantitative estimate of drug-likeness (QED) is 0.311. The molecule has 2 aromatic heterocycles. The van der Waals surface area contributed by atoms with E-state index in [2.05, 4.69) is 56.6 Å². The lowest BCUT2D eigenvalue weighted by Crippen LogP contribution is -2.43. The number of aliphatic imine (C=N–C) groups is 1. The Labute approximate surface area is 186 Å². The van der Waals surface area contributed by atoms with Crippen LogP contribution in [0.15, 0.2) is 69.6 Å². The summed E-state index contributed by atoms with van der Waals surface area (Å²) in [6.07, 6.45) is 5.01. The third-order valence-electron chi connectivity index (χ3n) is 4.58. The summed E-state index contributed by atoms with van der Waals surface area (Å²) in [6.45, 7) is 2.39. The Kier molecular flexibility index (Phi) is 7.27. The Balaban J connectivity index is 0.00000225. The van der Waals surface area contributed by atoms with E-state index in [0.29, 0.717) is 12.4 Å². The minimum Gasteiger partial charge on any atom is -0.443 e. The molecule has 0 spiro atoms. The van der Waals surface area contributed by atoms with Crippen molar-refractivity contribution in [1.82, 2.24) is 15.2 Å². The highest BCUT2D eigenvalue weighted by Gasteiger charge is 2.16. The second-order valence-electron chi connectivity index (χ2n) is 6.31. The first kappa shape index (κ1) is 20.6. The van der Waals surface area contributed by atoms with Crippen LogP contribution in [-0.4, -0.2) is 36.0 Å². The van der Waals surface area contributed by atoms with Gasteiger partial charge in [-0.25, -0.2) is 4.98 Å². The lowest BCUT2D eigenvalue weighted by atomic mass is 10.00. The number of halogens is 1. The van der Waals surface area contributed by atoms with E-state index in [9.17, 15) is 0 Å². The van der Waals surface area contributed by atoms with Crippen LogP contribution < -0.4 is 5.32 Å². The van der Waals surface area contributed by atoms with Crippen LogP contribution in [0.5, 0.6) is 0 Å². The first-order chi connectivity index (χ1) is 13.3. The second-order valence-corrected chi connectivity index (χ2v) is 7.26. The molecule has 3 heterocycles. The van der Waals surface area contributed by atoms with Gasteiger partial charge in [0.15, 0.2) is 5.96 Å². The van der Waals surface area contributed by atoms with E-state index in [1.165, 1.54) is 11.1 Å². The Morgan fingerprint density at radius 2 is 2.11 bits per heavy atom. The van der Waals surface area contributed by atoms with Gasteiger partial charge in [-0.15, -0.1) is 35.3 Å². The fourth-order valence-corrected chi connectivity index (χ4v) is 3.83. The average molecular weight is 506 g/mol. The van der Waals surface area contributed by atoms with Gasteiger partial charge < -0.3 is 14.6 Å². The van der Waals surface area contributed by atoms with Gasteiger partial charge in [0.1, 0.15) is 6.26 Å². The van der Waals surface area contributed by atoms with Gasteiger partial charge >= 0.3 is 0 Å². The van der Waals surface area contributed by atoms with Crippen molar-refractivity contribution in [3.63, 3.8) is 0 Å². The standard InChI is InChI=1S/C21H22N4OS.HI/c1-22-21(23-14-18-15-26-20(24-18)19-8-5-13-27-19)25-11-9-17(10-12-25)16-6-3-2-4-7-16;/h2-9,13,15H,10-12,14H2,1H3,(H,22,23);1H. The molecule has 0 unspecified atom stereocenters. The molecule has 3 aromatic rings. The van der Waals surface area contributed by atoms with Crippen LogP contribution in [0.4, 0.5) is 0 Å². The van der Waals surface area contributed by atoms with Gasteiger partial charge in [0.2, 0.25) is 5.89 Å². The summed E-state index contributed by atoms with van der Waals surface area (Å²) in [5.74, 6) is 1.56. The lowest BCUT2D eigenvalue weighted by Gasteiger charge is -2.29. The Morgan fingerprint density at radius 3 is 2.79 bits per heavy atom. The van der Waals surface area contributed by atoms with Crippen molar-refractivity contribution in [2.75, 3.05) is 20.1 Å². The van der Waals surface area contributed by atoms with Crippen molar-refractivity contribution < 1.29 is 4.42 Å². The molecule has 146 valence electrons. The van der Waals surface area contributed by atoms with E-state index in [1.807, 2.05) is 24.6 Å². The fourth-order valence-electron chi connectivity index (χ4n) is 3.18. The smallest absolute Gasteiger partial charge is 0.236 e. The zero-order valence-corrected chi connectivity index (χ0v) is 18.8. The molecular formula is C21H23IN4OS. The summed E-state index contributed by atoms with van der Waals surface area (Å²) in [5.41, 5.74) is 3.58. The van der Waals surface area contributed by atoms with E-state index in [-0.39, 0.29) is 24.0 Å². The van der Waals surface area contributed by atoms with E-state index in [1.54, 1.807) is 17.6 Å². The summed E-state index contributed by atoms with van der Waals surface area (Å²) in [4.78, 5) is 12.3. The zero-order chi connectivity index (χ0) is 18.5. The van der Waals surface area contributed by atoms with Crippen molar-refractivity contribution in [2.45, 2.75) is 13.0 Å². The Morgan fingerprint density at radius 1 is 1.25 bits per heavy atom. The molecule has 1 aromatic carbocycles. The van der Waals surface area contributed by atoms with Gasteiger partial charge in [0, 0.05) is 20.1 Å². The highest BCUT2D eigenvalue weighted by molar-refractivity contribution is 14.0. The predicted molar refractivity (Wildman–Crippen MR) is 126 cm³/mol. The van der Waals surface area contributed by atoms with E-state index >= 15 is 0 Å². The molecule has 5 nitrogen and oxygen atoms in total. The molecule has 0 aliphatic carbocycles. The maximum absolute atomic E-state index is 5.58. The first-order valence-corrected chi connectivity index (χ1v) is 9.90. The third-order valence-corrected chi connectivity index (χ3v) is 5.43. The van der Waals surface area contributed by atoms with Crippen LogP contribution in [0, 0.1) is 0 Å². The molecule has 0 fully saturated rings. The normalized spacial score (nSPS) is 14.4. The molecule has 0 atom stereocenters. The maximum atomic E-state index is 5.58. The number of guanidine groups is 1. The van der Waals surface area contributed by atoms with Crippen LogP contribution >= 0.6 is 35.3 Å². The van der Waals surface area contributed by atoms with Gasteiger partial charge in [-0.2, -0.15) is 0 Å². The van der Waals surface area contributed by atoms with Crippen LogP contribution in [-0.2, 0) is 6.54 Å². The first-order valence-electron chi connectivity index (χ1n) is 9.02. The van der Waals surface area contributed by atoms with Crippen LogP contribution in [0.2, 0.25) is 0 Å². The minimum absolute atomic E-state index is 0. The lowest BCUT2D eigenvalue weighted by molar-refractivity contribution is 0.439. The number of aromatic nitrogens is 1. The van der Waals surface area contributed by atoms with Crippen molar-refractivity contribution in [2.24, 2.45) is 4.99 Å². The third kappa shape index (κ3) is 4.82. The average Bonchev–Trinajstić information content (AvgIpc) is 3.41. The molecule has 7 heteroatoms. The zero-order valence-electron chi connectivity index (χ0n) is 15.7. The molecule has 1 aliphatic heterocycles. The molecule has 1 aliphatic rings. The number of thiophene rings is 1. The summed E-state index contributed by atoms with van der Waals surface area (Å²) in [7, 11) is 1.82. The van der Waals surface area contributed by atoms with Crippen LogP contribution in [0.3, 0.4) is 0 Å². The summed E-state index contributed by atoms with van der Waals surface area (Å²) >= 11 is 1.62. The van der Waals surface area contributed by atoms with Crippen molar-refractivity contribution >= 4 is 46.8 Å². The predicted octanol–water partition coefficient (Wildman–Crippen LogP) is 4.89. The highest BCUT2D eigenvalue weighted by Crippen LogP contribution is 2.24. The van der Waals surface area contributed by atoms with Crippen LogP contribution in [0.1, 0.15) is 17.7 Å². The largest absolute Gasteiger partial charge is 0.443 e. The Hall–Kier alpha value is -2.13. The molecule has 0 amide bonds. The van der Waals surface area contributed by atoms with Gasteiger partial charge in [0.25, 0.3) is 0 Å². The number of nitrogens with zero attached hydrogens (tertiary/aromatic N) is 3. The summed E-state index contributed by atoms with van der Waals surface area (Å²) < 4.78 is 5.58. The number of hydrogen-bond donors (Lipinski definition) is 1. The van der Waals surface area contributed by atoms with E-state index < -0.39 is 0 Å². The number of benzene rings is 1. The van der Waals surface area contributed by atoms with Gasteiger partial charge in [-0.05, 0) is 29.0 Å². The second kappa shape index (κ2) is 9.88. The van der Waals surface area contributed by atoms with Crippen molar-refractivity contribution in [3.05, 3.63) is 71.4 Å². The van der Waals surface area contributed by atoms with E-state index in [0.717, 1.165) is 36.0 Å². The molecule has 4 rings (SSSR count). The number of rotatable bonds is 4. The summed E-state index contributed by atoms with van der Waals surface area (Å²) in [5, 5.41) is 5.42. The Bertz CT molecular complexity index is 934. The molecule has 1 N–H and O–H groups in total. The summed E-state index contributed by atoms with van der Waals surface area (Å²) in [6, 6.07) is 14.6. The maximum Gasteiger partial charge on any atom is 0.236 e. The molecule has 0 radical (unpaired) electrons. The van der Waals surface area contributed by atoms with Gasteiger partial charge in [-0.3, -0.25) is 4.99 Å². The topological polar surface area (TPSA) is 53.7 Å². The molecular weight excluding hydrogens is 483 g/mol. The van der Waals surface area contributed by atoms with Gasteiger partial charge in [-0.1, -0.05) is 42.5 Å². The number of oxazole rings is 1. The monoisotopic (exact) mass is 506 g/mol. The minimum atomic E-state index is 0. The molecule has 28 heavy (non-hydrogen) atoms. The number of nitrogens with one attached hydrogen (secondary N) is 1.